The van der Waals surface area contributed by atoms with E-state index in [1.54, 1.807) is 5.57 Å². The predicted octanol–water partition coefficient (Wildman–Crippen LogP) is 8.60. The normalized spacial score (nSPS) is 42.1. The van der Waals surface area contributed by atoms with Crippen LogP contribution in [0.3, 0.4) is 0 Å². The van der Waals surface area contributed by atoms with Crippen LogP contribution in [0.1, 0.15) is 119 Å². The molecule has 0 bridgehead atoms. The molecular weight excluding hydrogens is 404 g/mol. The molecule has 3 fully saturated rings. The Hall–Kier alpha value is -0.790. The van der Waals surface area contributed by atoms with Crippen LogP contribution in [0, 0.1) is 52.3 Å². The number of hydrogen-bond acceptors (Lipinski definition) is 2. The van der Waals surface area contributed by atoms with E-state index in [1.807, 2.05) is 6.92 Å². The molecule has 0 radical (unpaired) electrons. The number of esters is 1. The first kappa shape index (κ1) is 25.3. The average Bonchev–Trinajstić information content (AvgIpc) is 3.14. The van der Waals surface area contributed by atoms with Crippen molar-refractivity contribution in [3.05, 3.63) is 11.6 Å². The second kappa shape index (κ2) is 9.69. The van der Waals surface area contributed by atoms with Crippen LogP contribution in [0.25, 0.3) is 0 Å². The van der Waals surface area contributed by atoms with E-state index in [0.29, 0.717) is 17.3 Å². The lowest BCUT2D eigenvalue weighted by Gasteiger charge is -2.58. The van der Waals surface area contributed by atoms with E-state index in [9.17, 15) is 4.79 Å². The third-order valence-corrected chi connectivity index (χ3v) is 11.6. The van der Waals surface area contributed by atoms with Crippen LogP contribution in [0.15, 0.2) is 11.6 Å². The predicted molar refractivity (Wildman–Crippen MR) is 138 cm³/mol. The molecule has 0 heterocycles. The van der Waals surface area contributed by atoms with E-state index in [0.717, 1.165) is 54.3 Å². The first-order valence-corrected chi connectivity index (χ1v) is 14.5. The van der Waals surface area contributed by atoms with Gasteiger partial charge in [0.2, 0.25) is 0 Å². The molecule has 2 heteroatoms. The lowest BCUT2D eigenvalue weighted by Crippen LogP contribution is -2.51. The Labute approximate surface area is 204 Å². The van der Waals surface area contributed by atoms with Gasteiger partial charge < -0.3 is 4.74 Å². The van der Waals surface area contributed by atoms with Crippen LogP contribution in [-0.2, 0) is 9.53 Å². The molecule has 188 valence electrons. The highest BCUT2D eigenvalue weighted by Crippen LogP contribution is 2.67. The highest BCUT2D eigenvalue weighted by molar-refractivity contribution is 5.69. The van der Waals surface area contributed by atoms with Gasteiger partial charge in [-0.05, 0) is 97.2 Å². The molecule has 4 aliphatic carbocycles. The molecule has 3 saturated carbocycles. The van der Waals surface area contributed by atoms with E-state index < -0.39 is 0 Å². The van der Waals surface area contributed by atoms with Crippen molar-refractivity contribution >= 4 is 5.97 Å². The number of allylic oxidation sites excluding steroid dienone is 1. The summed E-state index contributed by atoms with van der Waals surface area (Å²) >= 11 is 0. The summed E-state index contributed by atoms with van der Waals surface area (Å²) in [5, 5.41) is 0. The van der Waals surface area contributed by atoms with Gasteiger partial charge in [0, 0.05) is 12.8 Å². The fourth-order valence-corrected chi connectivity index (χ4v) is 9.03. The van der Waals surface area contributed by atoms with Gasteiger partial charge in [0.15, 0.2) is 0 Å². The number of hydrogen-bond donors (Lipinski definition) is 0. The van der Waals surface area contributed by atoms with Crippen molar-refractivity contribution in [3.8, 4) is 0 Å². The molecule has 0 aromatic heterocycles. The van der Waals surface area contributed by atoms with Crippen LogP contribution in [-0.4, -0.2) is 12.1 Å². The van der Waals surface area contributed by atoms with Gasteiger partial charge in [-0.1, -0.05) is 73.0 Å². The van der Waals surface area contributed by atoms with E-state index in [2.05, 4.69) is 47.6 Å². The minimum atomic E-state index is -0.0276. The minimum Gasteiger partial charge on any atom is -0.462 e. The summed E-state index contributed by atoms with van der Waals surface area (Å²) in [6.45, 7) is 17.0. The van der Waals surface area contributed by atoms with Crippen molar-refractivity contribution in [1.82, 2.24) is 0 Å². The minimum absolute atomic E-state index is 0.0276. The zero-order valence-electron chi connectivity index (χ0n) is 22.8. The summed E-state index contributed by atoms with van der Waals surface area (Å²) in [4.78, 5) is 11.9. The summed E-state index contributed by atoms with van der Waals surface area (Å²) in [5.74, 6) is 6.05. The van der Waals surface area contributed by atoms with Crippen molar-refractivity contribution in [2.75, 3.05) is 0 Å². The molecule has 2 nitrogen and oxygen atoms in total. The fourth-order valence-electron chi connectivity index (χ4n) is 9.03. The first-order valence-electron chi connectivity index (χ1n) is 14.5. The Morgan fingerprint density at radius 1 is 1.03 bits per heavy atom. The fraction of sp³-hybridized carbons (Fsp3) is 0.903. The highest BCUT2D eigenvalue weighted by atomic mass is 16.5. The summed E-state index contributed by atoms with van der Waals surface area (Å²) in [6, 6.07) is 0. The van der Waals surface area contributed by atoms with E-state index in [-0.39, 0.29) is 12.1 Å². The van der Waals surface area contributed by atoms with Crippen molar-refractivity contribution in [2.45, 2.75) is 125 Å². The Morgan fingerprint density at radius 2 is 1.79 bits per heavy atom. The molecule has 0 aromatic carbocycles. The Balaban J connectivity index is 1.45. The average molecular weight is 457 g/mol. The van der Waals surface area contributed by atoms with Crippen LogP contribution in [0.5, 0.6) is 0 Å². The second-order valence-electron chi connectivity index (χ2n) is 13.5. The van der Waals surface area contributed by atoms with Crippen LogP contribution < -0.4 is 0 Å². The molecule has 0 unspecified atom stereocenters. The molecule has 0 saturated heterocycles. The molecule has 33 heavy (non-hydrogen) atoms. The van der Waals surface area contributed by atoms with Gasteiger partial charge in [-0.3, -0.25) is 4.79 Å². The molecule has 0 amide bonds. The van der Waals surface area contributed by atoms with Gasteiger partial charge in [0.05, 0.1) is 0 Å². The van der Waals surface area contributed by atoms with Crippen LogP contribution in [0.4, 0.5) is 0 Å². The lowest BCUT2D eigenvalue weighted by molar-refractivity contribution is -0.151. The molecule has 4 aliphatic rings. The number of carbonyl (C=O) groups is 1. The SMILES string of the molecule is CCC(=O)O[C@H]1CC[C@@]2(C)C(=CC[C@H]3[C@@H]4CC[C@H]([C@H](C)CC[C@@H](C)C(C)C)[C@@]4(C)CC[C@@H]32)C1. The molecule has 4 rings (SSSR count). The lowest BCUT2D eigenvalue weighted by atomic mass is 9.47. The quantitative estimate of drug-likeness (QED) is 0.283. The topological polar surface area (TPSA) is 26.3 Å². The second-order valence-corrected chi connectivity index (χ2v) is 13.5. The van der Waals surface area contributed by atoms with Gasteiger partial charge in [-0.25, -0.2) is 0 Å². The Kier molecular flexibility index (Phi) is 7.43. The number of carbonyl (C=O) groups excluding carboxylic acids is 1. The Bertz CT molecular complexity index is 737. The smallest absolute Gasteiger partial charge is 0.305 e. The maximum atomic E-state index is 11.9. The van der Waals surface area contributed by atoms with Crippen molar-refractivity contribution < 1.29 is 9.53 Å². The van der Waals surface area contributed by atoms with Crippen LogP contribution in [0.2, 0.25) is 0 Å². The summed E-state index contributed by atoms with van der Waals surface area (Å²) in [5.41, 5.74) is 2.52. The standard InChI is InChI=1S/C31H52O2/c1-8-29(32)33-24-15-17-30(6)23(19-24)11-12-25-27-14-13-26(31(27,7)18-16-28(25)30)22(5)10-9-21(4)20(2)3/h11,20-22,24-28H,8-10,12-19H2,1-7H3/t21-,22-,24+,25+,26-,27+,28+,30+,31-/m1/s1. The molecule has 0 N–H and O–H groups in total. The third-order valence-electron chi connectivity index (χ3n) is 11.6. The zero-order chi connectivity index (χ0) is 24.0. The zero-order valence-corrected chi connectivity index (χ0v) is 22.8. The molecular formula is C31H52O2. The summed E-state index contributed by atoms with van der Waals surface area (Å²) in [6.07, 6.45) is 16.3. The van der Waals surface area contributed by atoms with Gasteiger partial charge in [-0.15, -0.1) is 0 Å². The number of rotatable bonds is 7. The molecule has 0 spiro atoms. The first-order chi connectivity index (χ1) is 15.6. The van der Waals surface area contributed by atoms with Crippen LogP contribution >= 0.6 is 0 Å². The maximum Gasteiger partial charge on any atom is 0.305 e. The van der Waals surface area contributed by atoms with Gasteiger partial charge in [0.25, 0.3) is 0 Å². The van der Waals surface area contributed by atoms with E-state index in [4.69, 9.17) is 4.74 Å². The monoisotopic (exact) mass is 456 g/mol. The van der Waals surface area contributed by atoms with E-state index >= 15 is 0 Å². The van der Waals surface area contributed by atoms with Crippen molar-refractivity contribution in [1.29, 1.82) is 0 Å². The molecule has 0 aromatic rings. The van der Waals surface area contributed by atoms with Crippen molar-refractivity contribution in [2.24, 2.45) is 52.3 Å². The van der Waals surface area contributed by atoms with Crippen molar-refractivity contribution in [3.63, 3.8) is 0 Å². The molecule has 0 aliphatic heterocycles. The van der Waals surface area contributed by atoms with Gasteiger partial charge in [-0.2, -0.15) is 0 Å². The maximum absolute atomic E-state index is 11.9. The van der Waals surface area contributed by atoms with Gasteiger partial charge in [0.1, 0.15) is 6.10 Å². The third kappa shape index (κ3) is 4.58. The number of fused-ring (bicyclic) bond motifs is 5. The summed E-state index contributed by atoms with van der Waals surface area (Å²) in [7, 11) is 0. The highest BCUT2D eigenvalue weighted by Gasteiger charge is 2.59. The largest absolute Gasteiger partial charge is 0.462 e. The van der Waals surface area contributed by atoms with Gasteiger partial charge >= 0.3 is 5.97 Å². The number of ether oxygens (including phenoxy) is 1. The summed E-state index contributed by atoms with van der Waals surface area (Å²) < 4.78 is 5.77. The van der Waals surface area contributed by atoms with E-state index in [1.165, 1.54) is 51.4 Å². The Morgan fingerprint density at radius 3 is 2.48 bits per heavy atom. The molecule has 9 atom stereocenters.